The third kappa shape index (κ3) is 4.13. The second-order valence-corrected chi connectivity index (χ2v) is 7.24. The van der Waals surface area contributed by atoms with Gasteiger partial charge in [-0.05, 0) is 37.1 Å². The van der Waals surface area contributed by atoms with Crippen molar-refractivity contribution in [1.82, 2.24) is 29.7 Å². The topological polar surface area (TPSA) is 115 Å². The van der Waals surface area contributed by atoms with Crippen LogP contribution in [0.25, 0.3) is 17.3 Å². The van der Waals surface area contributed by atoms with E-state index in [1.165, 1.54) is 6.33 Å². The zero-order valence-corrected chi connectivity index (χ0v) is 16.6. The maximum atomic E-state index is 12.7. The minimum Gasteiger partial charge on any atom is -0.463 e. The van der Waals surface area contributed by atoms with Crippen LogP contribution in [0.1, 0.15) is 12.8 Å². The number of hydrogen-bond acceptors (Lipinski definition) is 8. The third-order valence-electron chi connectivity index (χ3n) is 5.29. The molecule has 1 N–H and O–H groups in total. The lowest BCUT2D eigenvalue weighted by molar-refractivity contribution is -0.120. The average Bonchev–Trinajstić information content (AvgIpc) is 3.54. The zero-order valence-electron chi connectivity index (χ0n) is 16.6. The number of furan rings is 1. The number of anilines is 2. The summed E-state index contributed by atoms with van der Waals surface area (Å²) in [6.45, 7) is 1.47. The molecule has 0 spiro atoms. The molecular formula is C21H20N8O2. The summed E-state index contributed by atoms with van der Waals surface area (Å²) >= 11 is 0. The fourth-order valence-electron chi connectivity index (χ4n) is 3.60. The molecule has 4 aromatic heterocycles. The summed E-state index contributed by atoms with van der Waals surface area (Å²) in [5.74, 6) is 2.50. The van der Waals surface area contributed by atoms with Crippen molar-refractivity contribution in [3.8, 4) is 17.3 Å². The largest absolute Gasteiger partial charge is 0.463 e. The van der Waals surface area contributed by atoms with E-state index in [2.05, 4.69) is 35.4 Å². The molecule has 0 unspecified atom stereocenters. The number of hydrogen-bond donors (Lipinski definition) is 1. The van der Waals surface area contributed by atoms with E-state index in [0.717, 1.165) is 31.7 Å². The summed E-state index contributed by atoms with van der Waals surface area (Å²) in [5.41, 5.74) is 0.697. The first kappa shape index (κ1) is 18.9. The maximum Gasteiger partial charge on any atom is 0.228 e. The van der Waals surface area contributed by atoms with Crippen LogP contribution in [0.4, 0.5) is 11.6 Å². The van der Waals surface area contributed by atoms with Crippen molar-refractivity contribution in [2.75, 3.05) is 23.3 Å². The molecule has 0 radical (unpaired) electrons. The average molecular weight is 416 g/mol. The minimum atomic E-state index is -0.0849. The van der Waals surface area contributed by atoms with Crippen LogP contribution >= 0.6 is 0 Å². The van der Waals surface area contributed by atoms with Gasteiger partial charge in [0, 0.05) is 37.5 Å². The van der Waals surface area contributed by atoms with E-state index in [9.17, 15) is 4.79 Å². The molecule has 0 atom stereocenters. The predicted octanol–water partition coefficient (Wildman–Crippen LogP) is 2.57. The van der Waals surface area contributed by atoms with E-state index in [0.29, 0.717) is 23.1 Å². The molecule has 4 aromatic rings. The Kier molecular flexibility index (Phi) is 5.09. The lowest BCUT2D eigenvalue weighted by atomic mass is 9.96. The Morgan fingerprint density at radius 3 is 2.71 bits per heavy atom. The van der Waals surface area contributed by atoms with Gasteiger partial charge in [0.1, 0.15) is 30.0 Å². The number of carbonyl (C=O) groups is 1. The smallest absolute Gasteiger partial charge is 0.228 e. The van der Waals surface area contributed by atoms with Crippen molar-refractivity contribution < 1.29 is 9.21 Å². The normalized spacial score (nSPS) is 14.5. The maximum absolute atomic E-state index is 12.7. The highest BCUT2D eigenvalue weighted by Crippen LogP contribution is 2.24. The molecule has 5 heterocycles. The van der Waals surface area contributed by atoms with Gasteiger partial charge in [-0.15, -0.1) is 10.2 Å². The van der Waals surface area contributed by atoms with E-state index in [4.69, 9.17) is 4.42 Å². The standard InChI is InChI=1S/C21H20N8O2/c30-21(25-18-12-20(24-13-23-18)29-10-7-22-14-29)15-5-8-28(9-6-15)19-4-3-16(26-27-19)17-2-1-11-31-17/h1-4,7,10-15H,5-6,8-9H2,(H,23,24,25,30). The Hall–Kier alpha value is -4.08. The molecule has 1 aliphatic heterocycles. The first-order chi connectivity index (χ1) is 15.3. The monoisotopic (exact) mass is 416 g/mol. The Bertz CT molecular complexity index is 1130. The first-order valence-electron chi connectivity index (χ1n) is 10.00. The molecule has 1 amide bonds. The minimum absolute atomic E-state index is 0.0332. The van der Waals surface area contributed by atoms with Crippen molar-refractivity contribution in [3.05, 3.63) is 61.6 Å². The fraction of sp³-hybridized carbons (Fsp3) is 0.238. The molecule has 31 heavy (non-hydrogen) atoms. The Morgan fingerprint density at radius 2 is 2.00 bits per heavy atom. The number of aromatic nitrogens is 6. The van der Waals surface area contributed by atoms with E-state index in [-0.39, 0.29) is 11.8 Å². The molecule has 1 aliphatic rings. The quantitative estimate of drug-likeness (QED) is 0.528. The van der Waals surface area contributed by atoms with Gasteiger partial charge in [0.2, 0.25) is 5.91 Å². The van der Waals surface area contributed by atoms with E-state index >= 15 is 0 Å². The molecule has 10 nitrogen and oxygen atoms in total. The number of carbonyl (C=O) groups excluding carboxylic acids is 1. The SMILES string of the molecule is O=C(Nc1cc(-n2ccnc2)ncn1)C1CCN(c2ccc(-c3ccco3)nn2)CC1. The number of amides is 1. The summed E-state index contributed by atoms with van der Waals surface area (Å²) in [4.78, 5) is 27.3. The van der Waals surface area contributed by atoms with Crippen LogP contribution in [0.3, 0.4) is 0 Å². The van der Waals surface area contributed by atoms with Gasteiger partial charge in [0.05, 0.1) is 6.26 Å². The lowest BCUT2D eigenvalue weighted by Crippen LogP contribution is -2.38. The third-order valence-corrected chi connectivity index (χ3v) is 5.29. The van der Waals surface area contributed by atoms with Crippen molar-refractivity contribution in [1.29, 1.82) is 0 Å². The van der Waals surface area contributed by atoms with Gasteiger partial charge in [-0.3, -0.25) is 9.36 Å². The second-order valence-electron chi connectivity index (χ2n) is 7.24. The van der Waals surface area contributed by atoms with Crippen LogP contribution in [0.2, 0.25) is 0 Å². The van der Waals surface area contributed by atoms with Crippen molar-refractivity contribution in [2.45, 2.75) is 12.8 Å². The number of imidazole rings is 1. The molecule has 0 aliphatic carbocycles. The van der Waals surface area contributed by atoms with Crippen molar-refractivity contribution in [3.63, 3.8) is 0 Å². The number of rotatable bonds is 5. The summed E-state index contributed by atoms with van der Waals surface area (Å²) in [5, 5.41) is 11.5. The molecule has 1 saturated heterocycles. The first-order valence-corrected chi connectivity index (χ1v) is 10.00. The summed E-state index contributed by atoms with van der Waals surface area (Å²) in [7, 11) is 0. The van der Waals surface area contributed by atoms with Crippen LogP contribution in [-0.2, 0) is 4.79 Å². The van der Waals surface area contributed by atoms with E-state index < -0.39 is 0 Å². The number of nitrogens with one attached hydrogen (secondary N) is 1. The molecule has 0 bridgehead atoms. The van der Waals surface area contributed by atoms with Crippen molar-refractivity contribution >= 4 is 17.5 Å². The highest BCUT2D eigenvalue weighted by molar-refractivity contribution is 5.92. The van der Waals surface area contributed by atoms with Gasteiger partial charge in [0.25, 0.3) is 0 Å². The van der Waals surface area contributed by atoms with Crippen LogP contribution in [0.15, 0.2) is 66.1 Å². The molecule has 156 valence electrons. The van der Waals surface area contributed by atoms with Crippen LogP contribution in [0.5, 0.6) is 0 Å². The number of piperidine rings is 1. The van der Waals surface area contributed by atoms with Gasteiger partial charge < -0.3 is 14.6 Å². The van der Waals surface area contributed by atoms with Gasteiger partial charge in [-0.1, -0.05) is 0 Å². The molecule has 0 saturated carbocycles. The van der Waals surface area contributed by atoms with E-state index in [1.54, 1.807) is 35.6 Å². The van der Waals surface area contributed by atoms with Gasteiger partial charge in [-0.25, -0.2) is 15.0 Å². The highest BCUT2D eigenvalue weighted by Gasteiger charge is 2.26. The van der Waals surface area contributed by atoms with Gasteiger partial charge in [0.15, 0.2) is 11.6 Å². The summed E-state index contributed by atoms with van der Waals surface area (Å²) in [6, 6.07) is 9.23. The summed E-state index contributed by atoms with van der Waals surface area (Å²) < 4.78 is 7.11. The van der Waals surface area contributed by atoms with Crippen LogP contribution in [-0.4, -0.2) is 48.7 Å². The van der Waals surface area contributed by atoms with Crippen LogP contribution in [0, 0.1) is 5.92 Å². The molecule has 5 rings (SSSR count). The van der Waals surface area contributed by atoms with Gasteiger partial charge in [-0.2, -0.15) is 0 Å². The molecular weight excluding hydrogens is 396 g/mol. The second kappa shape index (κ2) is 8.34. The summed E-state index contributed by atoms with van der Waals surface area (Å²) in [6.07, 6.45) is 9.60. The van der Waals surface area contributed by atoms with Gasteiger partial charge >= 0.3 is 0 Å². The molecule has 1 fully saturated rings. The Morgan fingerprint density at radius 1 is 1.10 bits per heavy atom. The zero-order chi connectivity index (χ0) is 21.0. The molecule has 10 heteroatoms. The van der Waals surface area contributed by atoms with Crippen molar-refractivity contribution in [2.24, 2.45) is 5.92 Å². The number of nitrogens with zero attached hydrogens (tertiary/aromatic N) is 7. The van der Waals surface area contributed by atoms with Crippen LogP contribution < -0.4 is 10.2 Å². The van der Waals surface area contributed by atoms with E-state index in [1.807, 2.05) is 24.3 Å². The Balaban J connectivity index is 1.18. The highest BCUT2D eigenvalue weighted by atomic mass is 16.3. The Labute approximate surface area is 178 Å². The molecule has 0 aromatic carbocycles. The predicted molar refractivity (Wildman–Crippen MR) is 112 cm³/mol. The fourth-order valence-corrected chi connectivity index (χ4v) is 3.60. The lowest BCUT2D eigenvalue weighted by Gasteiger charge is -2.31.